The first kappa shape index (κ1) is 14.4. The molecule has 2 amide bonds. The average molecular weight is 297 g/mol. The Morgan fingerprint density at radius 2 is 1.86 bits per heavy atom. The van der Waals surface area contributed by atoms with Crippen molar-refractivity contribution < 1.29 is 4.79 Å². The zero-order valence-electron chi connectivity index (χ0n) is 12.5. The number of amides is 2. The van der Waals surface area contributed by atoms with Crippen molar-refractivity contribution in [2.75, 3.05) is 5.32 Å². The summed E-state index contributed by atoms with van der Waals surface area (Å²) >= 11 is 0. The Morgan fingerprint density at radius 3 is 2.50 bits per heavy atom. The summed E-state index contributed by atoms with van der Waals surface area (Å²) in [5.74, 6) is 0. The topological polar surface area (TPSA) is 63.1 Å². The highest BCUT2D eigenvalue weighted by molar-refractivity contribution is 5.89. The van der Waals surface area contributed by atoms with Gasteiger partial charge in [0.1, 0.15) is 0 Å². The summed E-state index contributed by atoms with van der Waals surface area (Å²) in [5, 5.41) is 5.78. The Kier molecular flexibility index (Phi) is 3.96. The molecule has 114 valence electrons. The number of rotatable bonds is 3. The van der Waals surface area contributed by atoms with Crippen molar-refractivity contribution in [1.29, 1.82) is 0 Å². The first-order valence-electron chi connectivity index (χ1n) is 7.50. The summed E-state index contributed by atoms with van der Waals surface area (Å²) in [6, 6.07) is 11.2. The van der Waals surface area contributed by atoms with Gasteiger partial charge < -0.3 is 15.2 Å². The van der Waals surface area contributed by atoms with Crippen molar-refractivity contribution in [2.45, 2.75) is 32.4 Å². The number of fused-ring (bicyclic) bond motifs is 1. The SMILES string of the molecule is CCn1cc(NC(=O)NC2Cc3ccccc3C2)ccc1=O. The molecule has 1 heterocycles. The van der Waals surface area contributed by atoms with Gasteiger partial charge in [-0.05, 0) is 37.0 Å². The van der Waals surface area contributed by atoms with Gasteiger partial charge in [-0.2, -0.15) is 0 Å². The molecule has 1 aromatic carbocycles. The van der Waals surface area contributed by atoms with Gasteiger partial charge in [-0.1, -0.05) is 24.3 Å². The number of pyridine rings is 1. The fraction of sp³-hybridized carbons (Fsp3) is 0.294. The molecular formula is C17H19N3O2. The molecule has 22 heavy (non-hydrogen) atoms. The smallest absolute Gasteiger partial charge is 0.319 e. The lowest BCUT2D eigenvalue weighted by Gasteiger charge is -2.13. The molecule has 5 nitrogen and oxygen atoms in total. The van der Waals surface area contributed by atoms with Crippen LogP contribution in [0, 0.1) is 0 Å². The average Bonchev–Trinajstić information content (AvgIpc) is 2.91. The third kappa shape index (κ3) is 3.03. The predicted octanol–water partition coefficient (Wildman–Crippen LogP) is 2.16. The minimum atomic E-state index is -0.237. The second-order valence-electron chi connectivity index (χ2n) is 5.51. The van der Waals surface area contributed by atoms with Gasteiger partial charge in [-0.25, -0.2) is 4.79 Å². The molecule has 5 heteroatoms. The number of hydrogen-bond acceptors (Lipinski definition) is 2. The maximum absolute atomic E-state index is 12.1. The summed E-state index contributed by atoms with van der Waals surface area (Å²) in [7, 11) is 0. The standard InChI is InChI=1S/C17H19N3O2/c1-2-20-11-14(7-8-16(20)21)18-17(22)19-15-9-12-5-3-4-6-13(12)10-15/h3-8,11,15H,2,9-10H2,1H3,(H2,18,19,22). The van der Waals surface area contributed by atoms with Crippen molar-refractivity contribution in [3.8, 4) is 0 Å². The molecule has 0 bridgehead atoms. The molecular weight excluding hydrogens is 278 g/mol. The molecule has 1 aliphatic carbocycles. The Hall–Kier alpha value is -2.56. The molecule has 1 aliphatic rings. The number of aryl methyl sites for hydroxylation is 1. The Labute approximate surface area is 129 Å². The van der Waals surface area contributed by atoms with Crippen molar-refractivity contribution in [3.63, 3.8) is 0 Å². The minimum Gasteiger partial charge on any atom is -0.334 e. The lowest BCUT2D eigenvalue weighted by molar-refractivity contribution is 0.249. The van der Waals surface area contributed by atoms with Crippen molar-refractivity contribution >= 4 is 11.7 Å². The van der Waals surface area contributed by atoms with E-state index < -0.39 is 0 Å². The monoisotopic (exact) mass is 297 g/mol. The van der Waals surface area contributed by atoms with Crippen LogP contribution in [0.1, 0.15) is 18.1 Å². The van der Waals surface area contributed by atoms with Gasteiger partial charge in [-0.15, -0.1) is 0 Å². The van der Waals surface area contributed by atoms with Crippen molar-refractivity contribution in [1.82, 2.24) is 9.88 Å². The van der Waals surface area contributed by atoms with E-state index in [0.717, 1.165) is 12.8 Å². The van der Waals surface area contributed by atoms with Crippen LogP contribution >= 0.6 is 0 Å². The van der Waals surface area contributed by atoms with E-state index in [2.05, 4.69) is 22.8 Å². The third-order valence-electron chi connectivity index (χ3n) is 3.97. The number of urea groups is 1. The van der Waals surface area contributed by atoms with E-state index >= 15 is 0 Å². The van der Waals surface area contributed by atoms with E-state index in [-0.39, 0.29) is 17.6 Å². The zero-order valence-corrected chi connectivity index (χ0v) is 12.5. The fourth-order valence-electron chi connectivity index (χ4n) is 2.87. The van der Waals surface area contributed by atoms with E-state index in [1.807, 2.05) is 19.1 Å². The minimum absolute atomic E-state index is 0.0697. The molecule has 0 saturated carbocycles. The maximum Gasteiger partial charge on any atom is 0.319 e. The van der Waals surface area contributed by atoms with Gasteiger partial charge in [-0.3, -0.25) is 4.79 Å². The molecule has 0 atom stereocenters. The summed E-state index contributed by atoms with van der Waals surface area (Å²) in [6.45, 7) is 2.47. The number of anilines is 1. The van der Waals surface area contributed by atoms with Crippen LogP contribution < -0.4 is 16.2 Å². The molecule has 0 unspecified atom stereocenters. The van der Waals surface area contributed by atoms with Gasteiger partial charge in [0.15, 0.2) is 0 Å². The third-order valence-corrected chi connectivity index (χ3v) is 3.97. The van der Waals surface area contributed by atoms with E-state index in [0.29, 0.717) is 12.2 Å². The Balaban J connectivity index is 1.61. The van der Waals surface area contributed by atoms with Crippen LogP contribution in [0.25, 0.3) is 0 Å². The van der Waals surface area contributed by atoms with Crippen LogP contribution in [0.15, 0.2) is 47.4 Å². The normalized spacial score (nSPS) is 13.7. The quantitative estimate of drug-likeness (QED) is 0.912. The number of aromatic nitrogens is 1. The first-order valence-corrected chi connectivity index (χ1v) is 7.50. The summed E-state index contributed by atoms with van der Waals surface area (Å²) < 4.78 is 1.56. The predicted molar refractivity (Wildman–Crippen MR) is 86.2 cm³/mol. The largest absolute Gasteiger partial charge is 0.334 e. The van der Waals surface area contributed by atoms with Crippen molar-refractivity contribution in [3.05, 3.63) is 64.1 Å². The molecule has 1 aromatic heterocycles. The Bertz CT molecular complexity index is 727. The van der Waals surface area contributed by atoms with Crippen molar-refractivity contribution in [2.24, 2.45) is 0 Å². The van der Waals surface area contributed by atoms with Gasteiger partial charge in [0.2, 0.25) is 0 Å². The number of benzene rings is 1. The summed E-state index contributed by atoms with van der Waals surface area (Å²) in [4.78, 5) is 23.6. The van der Waals surface area contributed by atoms with Gasteiger partial charge in [0.25, 0.3) is 5.56 Å². The number of carbonyl (C=O) groups is 1. The highest BCUT2D eigenvalue weighted by Gasteiger charge is 2.22. The zero-order chi connectivity index (χ0) is 15.5. The first-order chi connectivity index (χ1) is 10.7. The lowest BCUT2D eigenvalue weighted by Crippen LogP contribution is -2.38. The van der Waals surface area contributed by atoms with Crippen LogP contribution in [-0.4, -0.2) is 16.6 Å². The fourth-order valence-corrected chi connectivity index (χ4v) is 2.87. The van der Waals surface area contributed by atoms with Crippen LogP contribution in [0.2, 0.25) is 0 Å². The highest BCUT2D eigenvalue weighted by atomic mass is 16.2. The molecule has 2 aromatic rings. The van der Waals surface area contributed by atoms with Crippen LogP contribution in [0.4, 0.5) is 10.5 Å². The van der Waals surface area contributed by atoms with E-state index in [1.54, 1.807) is 16.8 Å². The second kappa shape index (κ2) is 6.05. The molecule has 3 rings (SSSR count). The summed E-state index contributed by atoms with van der Waals surface area (Å²) in [5.41, 5.74) is 3.15. The molecule has 0 aliphatic heterocycles. The molecule has 0 radical (unpaired) electrons. The summed E-state index contributed by atoms with van der Waals surface area (Å²) in [6.07, 6.45) is 3.38. The second-order valence-corrected chi connectivity index (χ2v) is 5.51. The molecule has 2 N–H and O–H groups in total. The maximum atomic E-state index is 12.1. The van der Waals surface area contributed by atoms with Crippen LogP contribution in [-0.2, 0) is 19.4 Å². The van der Waals surface area contributed by atoms with Gasteiger partial charge in [0, 0.05) is 24.8 Å². The Morgan fingerprint density at radius 1 is 1.18 bits per heavy atom. The lowest BCUT2D eigenvalue weighted by atomic mass is 10.1. The van der Waals surface area contributed by atoms with Gasteiger partial charge in [0.05, 0.1) is 5.69 Å². The van der Waals surface area contributed by atoms with Crippen LogP contribution in [0.3, 0.4) is 0 Å². The molecule has 0 saturated heterocycles. The number of nitrogens with zero attached hydrogens (tertiary/aromatic N) is 1. The molecule has 0 fully saturated rings. The van der Waals surface area contributed by atoms with E-state index in [1.165, 1.54) is 17.2 Å². The number of carbonyl (C=O) groups excluding carboxylic acids is 1. The highest BCUT2D eigenvalue weighted by Crippen LogP contribution is 2.21. The molecule has 0 spiro atoms. The number of nitrogens with one attached hydrogen (secondary N) is 2. The van der Waals surface area contributed by atoms with Crippen LogP contribution in [0.5, 0.6) is 0 Å². The number of hydrogen-bond donors (Lipinski definition) is 2. The van der Waals surface area contributed by atoms with Gasteiger partial charge >= 0.3 is 6.03 Å². The van der Waals surface area contributed by atoms with E-state index in [9.17, 15) is 9.59 Å². The van der Waals surface area contributed by atoms with E-state index in [4.69, 9.17) is 0 Å².